The molecule has 0 radical (unpaired) electrons. The van der Waals surface area contributed by atoms with Gasteiger partial charge in [0, 0.05) is 23.5 Å². The Morgan fingerprint density at radius 2 is 1.84 bits per heavy atom. The van der Waals surface area contributed by atoms with E-state index in [9.17, 15) is 4.79 Å². The summed E-state index contributed by atoms with van der Waals surface area (Å²) in [5, 5.41) is 4.28. The van der Waals surface area contributed by atoms with E-state index in [1.54, 1.807) is 24.5 Å². The molecule has 4 fully saturated rings. The predicted octanol–water partition coefficient (Wildman–Crippen LogP) is 4.36. The summed E-state index contributed by atoms with van der Waals surface area (Å²) >= 11 is 0. The topological polar surface area (TPSA) is 82.0 Å². The minimum absolute atomic E-state index is 0.207. The van der Waals surface area contributed by atoms with E-state index in [2.05, 4.69) is 53.6 Å². The van der Waals surface area contributed by atoms with Gasteiger partial charge in [-0.05, 0) is 72.3 Å². The quantitative estimate of drug-likeness (QED) is 0.291. The first-order valence-corrected chi connectivity index (χ1v) is 13.3. The Balaban J connectivity index is 1.07. The largest absolute Gasteiger partial charge is 0.494 e. The fourth-order valence-corrected chi connectivity index (χ4v) is 6.08. The molecular formula is C30H32BN3O4. The second-order valence-corrected chi connectivity index (χ2v) is 11.1. The average Bonchev–Trinajstić information content (AvgIpc) is 3.40. The minimum atomic E-state index is -0.294. The molecule has 194 valence electrons. The van der Waals surface area contributed by atoms with E-state index in [-0.39, 0.29) is 25.2 Å². The van der Waals surface area contributed by atoms with Crippen LogP contribution in [0.4, 0.5) is 0 Å². The van der Waals surface area contributed by atoms with Crippen LogP contribution < -0.4 is 15.6 Å². The van der Waals surface area contributed by atoms with Gasteiger partial charge in [-0.25, -0.2) is 5.43 Å². The zero-order chi connectivity index (χ0) is 26.3. The van der Waals surface area contributed by atoms with Gasteiger partial charge in [-0.1, -0.05) is 50.2 Å². The number of amides is 1. The lowest BCUT2D eigenvalue weighted by Crippen LogP contribution is -2.59. The second-order valence-electron chi connectivity index (χ2n) is 11.1. The Hall–Kier alpha value is -3.49. The molecule has 1 aromatic heterocycles. The van der Waals surface area contributed by atoms with Crippen LogP contribution >= 0.6 is 0 Å². The number of aromatic nitrogens is 1. The molecule has 1 aliphatic heterocycles. The minimum Gasteiger partial charge on any atom is -0.488 e. The molecule has 7 nitrogen and oxygen atoms in total. The lowest BCUT2D eigenvalue weighted by Gasteiger charge is -2.60. The third-order valence-electron chi connectivity index (χ3n) is 8.60. The van der Waals surface area contributed by atoms with E-state index in [1.165, 1.54) is 6.42 Å². The first kappa shape index (κ1) is 24.8. The fraction of sp³-hybridized carbons (Fsp3) is 0.367. The maximum Gasteiger partial charge on any atom is 0.494 e. The van der Waals surface area contributed by atoms with E-state index < -0.39 is 0 Å². The number of hydrogen-bond donors (Lipinski definition) is 1. The van der Waals surface area contributed by atoms with E-state index in [0.29, 0.717) is 35.0 Å². The molecule has 3 aromatic rings. The van der Waals surface area contributed by atoms with Crippen molar-refractivity contribution in [3.63, 3.8) is 0 Å². The summed E-state index contributed by atoms with van der Waals surface area (Å²) in [6.07, 6.45) is 5.94. The smallest absolute Gasteiger partial charge is 0.488 e. The summed E-state index contributed by atoms with van der Waals surface area (Å²) in [7, 11) is -0.294. The van der Waals surface area contributed by atoms with Crippen LogP contribution in [0.3, 0.4) is 0 Å². The molecule has 4 unspecified atom stereocenters. The molecular weight excluding hydrogens is 477 g/mol. The van der Waals surface area contributed by atoms with Gasteiger partial charge in [0.2, 0.25) is 0 Å². The molecule has 3 aliphatic carbocycles. The van der Waals surface area contributed by atoms with E-state index in [1.807, 2.05) is 31.2 Å². The maximum absolute atomic E-state index is 12.3. The van der Waals surface area contributed by atoms with Crippen LogP contribution in [0, 0.1) is 17.3 Å². The van der Waals surface area contributed by atoms with Crippen molar-refractivity contribution in [3.05, 3.63) is 89.7 Å². The zero-order valence-electron chi connectivity index (χ0n) is 22.0. The Morgan fingerprint density at radius 3 is 2.61 bits per heavy atom. The highest BCUT2D eigenvalue weighted by molar-refractivity contribution is 6.61. The molecule has 1 saturated heterocycles. The number of pyridine rings is 1. The first-order chi connectivity index (χ1) is 18.4. The van der Waals surface area contributed by atoms with Gasteiger partial charge in [0.05, 0.1) is 17.9 Å². The van der Waals surface area contributed by atoms with Crippen molar-refractivity contribution in [1.82, 2.24) is 10.4 Å². The van der Waals surface area contributed by atoms with Crippen LogP contribution in [0.15, 0.2) is 78.2 Å². The monoisotopic (exact) mass is 509 g/mol. The molecule has 3 saturated carbocycles. The lowest BCUT2D eigenvalue weighted by atomic mass is 9.47. The third-order valence-corrected chi connectivity index (χ3v) is 8.60. The highest BCUT2D eigenvalue weighted by atomic mass is 16.7. The SMILES string of the molecule is C/C(=N\NC(=O)c1ccncc1)c1ccccc1OCc1ccc(B2OC3CC4CC(C3O2)C4(C)C)cc1. The van der Waals surface area contributed by atoms with Gasteiger partial charge in [0.1, 0.15) is 12.4 Å². The number of para-hydroxylation sites is 1. The Morgan fingerprint density at radius 1 is 1.08 bits per heavy atom. The van der Waals surface area contributed by atoms with Crippen molar-refractivity contribution < 1.29 is 18.8 Å². The van der Waals surface area contributed by atoms with E-state index in [0.717, 1.165) is 28.9 Å². The van der Waals surface area contributed by atoms with Crippen LogP contribution in [0.5, 0.6) is 5.75 Å². The van der Waals surface area contributed by atoms with Gasteiger partial charge in [-0.3, -0.25) is 9.78 Å². The molecule has 2 aromatic carbocycles. The van der Waals surface area contributed by atoms with Crippen LogP contribution in [0.2, 0.25) is 0 Å². The van der Waals surface area contributed by atoms with Crippen molar-refractivity contribution in [1.29, 1.82) is 0 Å². The average molecular weight is 509 g/mol. The Kier molecular flexibility index (Phi) is 6.54. The molecule has 1 N–H and O–H groups in total. The van der Waals surface area contributed by atoms with Gasteiger partial charge in [0.25, 0.3) is 5.91 Å². The molecule has 1 amide bonds. The highest BCUT2D eigenvalue weighted by Crippen LogP contribution is 2.61. The molecule has 0 spiro atoms. The molecule has 4 aliphatic rings. The Bertz CT molecular complexity index is 1350. The number of carbonyl (C=O) groups excluding carboxylic acids is 1. The van der Waals surface area contributed by atoms with Crippen molar-refractivity contribution in [3.8, 4) is 5.75 Å². The Labute approximate surface area is 223 Å². The predicted molar refractivity (Wildman–Crippen MR) is 146 cm³/mol. The van der Waals surface area contributed by atoms with Crippen molar-refractivity contribution in [2.24, 2.45) is 22.4 Å². The molecule has 4 atom stereocenters. The summed E-state index contributed by atoms with van der Waals surface area (Å²) in [4.78, 5) is 16.3. The number of nitrogens with one attached hydrogen (secondary N) is 1. The first-order valence-electron chi connectivity index (χ1n) is 13.3. The number of hydrazone groups is 1. The second kappa shape index (κ2) is 10.0. The number of rotatable bonds is 7. The number of benzene rings is 2. The standard InChI is InChI=1S/C30H32BN3O4/c1-19(33-34-29(35)21-12-14-32-15-13-21)24-6-4-5-7-26(24)36-18-20-8-10-23(11-9-20)31-37-27-17-22-16-25(28(27)38-31)30(22,2)3/h4-15,22,25,27-28H,16-18H2,1-3H3,(H,34,35)/b33-19+. The summed E-state index contributed by atoms with van der Waals surface area (Å²) in [5.41, 5.74) is 7.02. The number of ether oxygens (including phenoxy) is 1. The van der Waals surface area contributed by atoms with Gasteiger partial charge in [-0.2, -0.15) is 5.10 Å². The summed E-state index contributed by atoms with van der Waals surface area (Å²) < 4.78 is 18.9. The van der Waals surface area contributed by atoms with Crippen LogP contribution in [-0.4, -0.2) is 35.9 Å². The number of carbonyl (C=O) groups is 1. The molecule has 38 heavy (non-hydrogen) atoms. The lowest BCUT2D eigenvalue weighted by molar-refractivity contribution is -0.150. The maximum atomic E-state index is 12.3. The van der Waals surface area contributed by atoms with Crippen LogP contribution in [0.1, 0.15) is 55.1 Å². The van der Waals surface area contributed by atoms with Gasteiger partial charge >= 0.3 is 7.12 Å². The normalized spacial score (nSPS) is 25.3. The van der Waals surface area contributed by atoms with Crippen molar-refractivity contribution >= 4 is 24.2 Å². The fourth-order valence-electron chi connectivity index (χ4n) is 6.08. The van der Waals surface area contributed by atoms with Crippen LogP contribution in [-0.2, 0) is 15.9 Å². The van der Waals surface area contributed by atoms with Crippen molar-refractivity contribution in [2.45, 2.75) is 52.4 Å². The molecule has 2 heterocycles. The van der Waals surface area contributed by atoms with E-state index >= 15 is 0 Å². The summed E-state index contributed by atoms with van der Waals surface area (Å²) in [6.45, 7) is 6.99. The molecule has 8 heteroatoms. The molecule has 7 rings (SSSR count). The molecule has 2 bridgehead atoms. The number of nitrogens with zero attached hydrogens (tertiary/aromatic N) is 2. The highest BCUT2D eigenvalue weighted by Gasteiger charge is 2.62. The third kappa shape index (κ3) is 4.63. The zero-order valence-corrected chi connectivity index (χ0v) is 22.0. The van der Waals surface area contributed by atoms with Crippen LogP contribution in [0.25, 0.3) is 0 Å². The van der Waals surface area contributed by atoms with Gasteiger partial charge in [-0.15, -0.1) is 0 Å². The van der Waals surface area contributed by atoms with E-state index in [4.69, 9.17) is 14.0 Å². The number of hydrogen-bond acceptors (Lipinski definition) is 6. The summed E-state index contributed by atoms with van der Waals surface area (Å²) in [5.74, 6) is 1.76. The van der Waals surface area contributed by atoms with Gasteiger partial charge in [0.15, 0.2) is 0 Å². The van der Waals surface area contributed by atoms with Gasteiger partial charge < -0.3 is 14.0 Å². The van der Waals surface area contributed by atoms with Crippen molar-refractivity contribution in [2.75, 3.05) is 0 Å². The summed E-state index contributed by atoms with van der Waals surface area (Å²) in [6, 6.07) is 19.2.